The smallest absolute Gasteiger partial charge is 0.249 e. The maximum atomic E-state index is 12.2. The molecular weight excluding hydrogens is 326 g/mol. The quantitative estimate of drug-likeness (QED) is 0.816. The molecule has 1 fully saturated rings. The summed E-state index contributed by atoms with van der Waals surface area (Å²) in [6.45, 7) is 0.200. The molecule has 24 heavy (non-hydrogen) atoms. The summed E-state index contributed by atoms with van der Waals surface area (Å²) in [4.78, 5) is 16.3. The van der Waals surface area contributed by atoms with Gasteiger partial charge in [0.1, 0.15) is 6.54 Å². The van der Waals surface area contributed by atoms with Crippen molar-refractivity contribution in [2.24, 2.45) is 10.2 Å². The van der Waals surface area contributed by atoms with Crippen molar-refractivity contribution in [3.63, 3.8) is 0 Å². The summed E-state index contributed by atoms with van der Waals surface area (Å²) in [5.74, 6) is 0.395. The molecule has 0 saturated heterocycles. The highest BCUT2D eigenvalue weighted by Crippen LogP contribution is 2.20. The Labute approximate surface area is 146 Å². The Morgan fingerprint density at radius 2 is 1.96 bits per heavy atom. The first-order chi connectivity index (χ1) is 11.7. The van der Waals surface area contributed by atoms with Crippen molar-refractivity contribution in [1.82, 2.24) is 14.9 Å². The van der Waals surface area contributed by atoms with Crippen LogP contribution in [0.1, 0.15) is 32.1 Å². The number of hydrogen-bond acceptors (Lipinski definition) is 4. The van der Waals surface area contributed by atoms with E-state index < -0.39 is 0 Å². The first kappa shape index (κ1) is 16.6. The summed E-state index contributed by atoms with van der Waals surface area (Å²) in [5.41, 5.74) is 0.681. The van der Waals surface area contributed by atoms with Crippen molar-refractivity contribution in [3.05, 3.63) is 41.7 Å². The molecule has 126 valence electrons. The number of carbonyl (C=O) groups is 1. The van der Waals surface area contributed by atoms with E-state index in [-0.39, 0.29) is 12.5 Å². The average Bonchev–Trinajstić information content (AvgIpc) is 3.02. The molecule has 2 aromatic rings. The van der Waals surface area contributed by atoms with Crippen LogP contribution in [0, 0.1) is 0 Å². The lowest BCUT2D eigenvalue weighted by molar-refractivity contribution is -0.122. The van der Waals surface area contributed by atoms with Crippen LogP contribution in [0.2, 0.25) is 5.02 Å². The standard InChI is InChI=1S/C17H20ClN5O/c18-13-6-8-15(9-7-13)21-22-17-19-10-11-23(17)12-16(24)20-14-4-2-1-3-5-14/h6-11,14H,1-5,12H2,(H,20,24). The molecule has 0 radical (unpaired) electrons. The van der Waals surface area contributed by atoms with E-state index in [2.05, 4.69) is 20.5 Å². The first-order valence-electron chi connectivity index (χ1n) is 8.18. The van der Waals surface area contributed by atoms with Gasteiger partial charge in [-0.3, -0.25) is 4.79 Å². The van der Waals surface area contributed by atoms with E-state index in [0.29, 0.717) is 22.7 Å². The zero-order valence-electron chi connectivity index (χ0n) is 13.4. The molecule has 7 heteroatoms. The lowest BCUT2D eigenvalue weighted by Crippen LogP contribution is -2.38. The minimum atomic E-state index is -0.0113. The van der Waals surface area contributed by atoms with Crippen molar-refractivity contribution in [1.29, 1.82) is 0 Å². The average molecular weight is 346 g/mol. The van der Waals surface area contributed by atoms with Crippen LogP contribution in [0.3, 0.4) is 0 Å². The predicted octanol–water partition coefficient (Wildman–Crippen LogP) is 4.40. The van der Waals surface area contributed by atoms with Gasteiger partial charge in [0.05, 0.1) is 5.69 Å². The fourth-order valence-electron chi connectivity index (χ4n) is 2.81. The van der Waals surface area contributed by atoms with Crippen LogP contribution in [-0.2, 0) is 11.3 Å². The van der Waals surface area contributed by atoms with E-state index in [1.807, 2.05) is 0 Å². The number of amides is 1. The molecule has 3 rings (SSSR count). The molecule has 0 aliphatic heterocycles. The molecule has 1 aromatic carbocycles. The normalized spacial score (nSPS) is 15.7. The molecule has 1 heterocycles. The number of imidazole rings is 1. The molecule has 1 saturated carbocycles. The van der Waals surface area contributed by atoms with E-state index in [1.54, 1.807) is 41.2 Å². The molecule has 0 bridgehead atoms. The summed E-state index contributed by atoms with van der Waals surface area (Å²) in [5, 5.41) is 12.0. The third-order valence-electron chi connectivity index (χ3n) is 4.06. The fourth-order valence-corrected chi connectivity index (χ4v) is 2.94. The maximum absolute atomic E-state index is 12.2. The van der Waals surface area contributed by atoms with Gasteiger partial charge in [0.25, 0.3) is 0 Å². The second-order valence-electron chi connectivity index (χ2n) is 5.93. The Hall–Kier alpha value is -2.21. The molecule has 0 atom stereocenters. The van der Waals surface area contributed by atoms with Gasteiger partial charge in [-0.2, -0.15) is 0 Å². The van der Waals surface area contributed by atoms with E-state index >= 15 is 0 Å². The highest BCUT2D eigenvalue weighted by molar-refractivity contribution is 6.30. The Morgan fingerprint density at radius 1 is 1.21 bits per heavy atom. The van der Waals surface area contributed by atoms with Crippen LogP contribution >= 0.6 is 11.6 Å². The third kappa shape index (κ3) is 4.64. The number of azo groups is 1. The van der Waals surface area contributed by atoms with Gasteiger partial charge in [-0.05, 0) is 37.1 Å². The number of aromatic nitrogens is 2. The van der Waals surface area contributed by atoms with Gasteiger partial charge >= 0.3 is 0 Å². The summed E-state index contributed by atoms with van der Waals surface area (Å²) in [6.07, 6.45) is 9.13. The van der Waals surface area contributed by atoms with Crippen LogP contribution in [-0.4, -0.2) is 21.5 Å². The zero-order chi connectivity index (χ0) is 16.8. The Bertz CT molecular complexity index is 704. The summed E-state index contributed by atoms with van der Waals surface area (Å²) in [7, 11) is 0. The number of benzene rings is 1. The van der Waals surface area contributed by atoms with Gasteiger partial charge in [0.15, 0.2) is 0 Å². The van der Waals surface area contributed by atoms with Crippen LogP contribution in [0.25, 0.3) is 0 Å². The summed E-state index contributed by atoms with van der Waals surface area (Å²) < 4.78 is 1.69. The van der Waals surface area contributed by atoms with E-state index in [0.717, 1.165) is 12.8 Å². The molecule has 1 N–H and O–H groups in total. The molecular formula is C17H20ClN5O. The van der Waals surface area contributed by atoms with Crippen molar-refractivity contribution in [2.75, 3.05) is 0 Å². The first-order valence-corrected chi connectivity index (χ1v) is 8.56. The van der Waals surface area contributed by atoms with Crippen molar-refractivity contribution in [2.45, 2.75) is 44.7 Å². The Morgan fingerprint density at radius 3 is 2.71 bits per heavy atom. The largest absolute Gasteiger partial charge is 0.352 e. The molecule has 6 nitrogen and oxygen atoms in total. The van der Waals surface area contributed by atoms with Gasteiger partial charge in [0, 0.05) is 23.5 Å². The molecule has 1 aliphatic carbocycles. The number of nitrogens with one attached hydrogen (secondary N) is 1. The lowest BCUT2D eigenvalue weighted by atomic mass is 9.95. The lowest BCUT2D eigenvalue weighted by Gasteiger charge is -2.22. The Balaban J connectivity index is 1.60. The Kier molecular flexibility index (Phi) is 5.59. The molecule has 0 unspecified atom stereocenters. The highest BCUT2D eigenvalue weighted by Gasteiger charge is 2.16. The third-order valence-corrected chi connectivity index (χ3v) is 4.31. The van der Waals surface area contributed by atoms with Gasteiger partial charge in [-0.15, -0.1) is 10.2 Å². The van der Waals surface area contributed by atoms with E-state index in [4.69, 9.17) is 11.6 Å². The second-order valence-corrected chi connectivity index (χ2v) is 6.37. The molecule has 1 aromatic heterocycles. The number of hydrogen-bond donors (Lipinski definition) is 1. The van der Waals surface area contributed by atoms with Crippen LogP contribution in [0.4, 0.5) is 11.6 Å². The monoisotopic (exact) mass is 345 g/mol. The second kappa shape index (κ2) is 8.06. The van der Waals surface area contributed by atoms with Gasteiger partial charge in [-0.1, -0.05) is 30.9 Å². The van der Waals surface area contributed by atoms with Crippen LogP contribution in [0.15, 0.2) is 46.9 Å². The van der Waals surface area contributed by atoms with Crippen LogP contribution in [0.5, 0.6) is 0 Å². The molecule has 1 amide bonds. The maximum Gasteiger partial charge on any atom is 0.249 e. The molecule has 0 spiro atoms. The number of rotatable bonds is 5. The zero-order valence-corrected chi connectivity index (χ0v) is 14.1. The fraction of sp³-hybridized carbons (Fsp3) is 0.412. The van der Waals surface area contributed by atoms with Crippen molar-refractivity contribution in [3.8, 4) is 0 Å². The summed E-state index contributed by atoms with van der Waals surface area (Å²) >= 11 is 5.84. The number of carbonyl (C=O) groups excluding carboxylic acids is 1. The van der Waals surface area contributed by atoms with Gasteiger partial charge in [-0.25, -0.2) is 4.98 Å². The van der Waals surface area contributed by atoms with Crippen molar-refractivity contribution < 1.29 is 4.79 Å². The number of halogens is 1. The van der Waals surface area contributed by atoms with Crippen molar-refractivity contribution >= 4 is 29.1 Å². The summed E-state index contributed by atoms with van der Waals surface area (Å²) in [6, 6.07) is 7.35. The highest BCUT2D eigenvalue weighted by atomic mass is 35.5. The minimum absolute atomic E-state index is 0.0113. The SMILES string of the molecule is O=C(Cn1ccnc1N=Nc1ccc(Cl)cc1)NC1CCCCC1. The van der Waals surface area contributed by atoms with E-state index in [1.165, 1.54) is 19.3 Å². The molecule has 1 aliphatic rings. The van der Waals surface area contributed by atoms with Gasteiger partial charge < -0.3 is 9.88 Å². The van der Waals surface area contributed by atoms with Crippen LogP contribution < -0.4 is 5.32 Å². The predicted molar refractivity (Wildman–Crippen MR) is 92.9 cm³/mol. The number of nitrogens with zero attached hydrogens (tertiary/aromatic N) is 4. The minimum Gasteiger partial charge on any atom is -0.352 e. The van der Waals surface area contributed by atoms with E-state index in [9.17, 15) is 4.79 Å². The topological polar surface area (TPSA) is 71.6 Å². The van der Waals surface area contributed by atoms with Gasteiger partial charge in [0.2, 0.25) is 11.9 Å².